The minimum atomic E-state index is -0.764. The van der Waals surface area contributed by atoms with Gasteiger partial charge in [0.1, 0.15) is 0 Å². The van der Waals surface area contributed by atoms with Crippen molar-refractivity contribution in [1.29, 1.82) is 0 Å². The largest absolute Gasteiger partial charge is 0.504 e. The molecule has 1 atom stereocenters. The molecule has 1 heterocycles. The van der Waals surface area contributed by atoms with E-state index >= 15 is 0 Å². The van der Waals surface area contributed by atoms with Crippen molar-refractivity contribution in [3.05, 3.63) is 23.8 Å². The van der Waals surface area contributed by atoms with E-state index in [1.165, 1.54) is 7.11 Å². The molecule has 0 amide bonds. The maximum Gasteiger partial charge on any atom is 0.304 e. The van der Waals surface area contributed by atoms with Gasteiger partial charge in [-0.25, -0.2) is 0 Å². The Balaban J connectivity index is 2.06. The van der Waals surface area contributed by atoms with Crippen molar-refractivity contribution >= 4 is 17.7 Å². The summed E-state index contributed by atoms with van der Waals surface area (Å²) >= 11 is 1.79. The Morgan fingerprint density at radius 3 is 3.00 bits per heavy atom. The van der Waals surface area contributed by atoms with E-state index in [0.29, 0.717) is 12.3 Å². The number of carbonyl (C=O) groups is 1. The highest BCUT2D eigenvalue weighted by Crippen LogP contribution is 2.28. The lowest BCUT2D eigenvalue weighted by molar-refractivity contribution is -0.138. The van der Waals surface area contributed by atoms with Crippen LogP contribution in [0.1, 0.15) is 12.0 Å². The molecule has 0 saturated carbocycles. The number of carboxylic acids is 1. The first kappa shape index (κ1) is 15.0. The quantitative estimate of drug-likeness (QED) is 0.863. The van der Waals surface area contributed by atoms with Crippen LogP contribution in [0.25, 0.3) is 0 Å². The number of phenolic OH excluding ortho intramolecular Hbond substituents is 1. The van der Waals surface area contributed by atoms with Gasteiger partial charge in [0.05, 0.1) is 13.5 Å². The zero-order valence-corrected chi connectivity index (χ0v) is 12.2. The summed E-state index contributed by atoms with van der Waals surface area (Å²) in [5.74, 6) is 1.66. The van der Waals surface area contributed by atoms with E-state index in [9.17, 15) is 9.90 Å². The second-order valence-electron chi connectivity index (χ2n) is 4.80. The second kappa shape index (κ2) is 6.85. The van der Waals surface area contributed by atoms with E-state index in [0.717, 1.165) is 23.6 Å². The fourth-order valence-corrected chi connectivity index (χ4v) is 3.49. The van der Waals surface area contributed by atoms with Crippen molar-refractivity contribution in [2.24, 2.45) is 0 Å². The number of aromatic hydroxyl groups is 1. The van der Waals surface area contributed by atoms with Crippen molar-refractivity contribution in [3.8, 4) is 11.5 Å². The molecule has 2 rings (SSSR count). The summed E-state index contributed by atoms with van der Waals surface area (Å²) in [5.41, 5.74) is 0.964. The van der Waals surface area contributed by atoms with Crippen LogP contribution in [0.4, 0.5) is 0 Å². The van der Waals surface area contributed by atoms with Gasteiger partial charge in [-0.1, -0.05) is 6.07 Å². The van der Waals surface area contributed by atoms with Crippen LogP contribution in [0, 0.1) is 0 Å². The number of rotatable bonds is 5. The molecule has 0 bridgehead atoms. The van der Waals surface area contributed by atoms with Crippen molar-refractivity contribution in [3.63, 3.8) is 0 Å². The van der Waals surface area contributed by atoms with Crippen LogP contribution in [-0.4, -0.2) is 52.3 Å². The average Bonchev–Trinajstić information content (AvgIpc) is 2.41. The standard InChI is InChI=1S/C14H19NO4S/c1-19-13-3-2-10(6-12(13)16)8-15-4-5-20-9-11(15)7-14(17)18/h2-3,6,11,16H,4-5,7-9H2,1H3,(H,17,18). The van der Waals surface area contributed by atoms with Crippen LogP contribution in [-0.2, 0) is 11.3 Å². The first-order valence-corrected chi connectivity index (χ1v) is 7.65. The van der Waals surface area contributed by atoms with Crippen LogP contribution >= 0.6 is 11.8 Å². The number of carboxylic acid groups (broad SMARTS) is 1. The van der Waals surface area contributed by atoms with Crippen molar-refractivity contribution in [2.75, 3.05) is 25.2 Å². The van der Waals surface area contributed by atoms with Gasteiger partial charge in [-0.3, -0.25) is 9.69 Å². The van der Waals surface area contributed by atoms with Gasteiger partial charge in [0.25, 0.3) is 0 Å². The van der Waals surface area contributed by atoms with Crippen LogP contribution < -0.4 is 4.74 Å². The van der Waals surface area contributed by atoms with E-state index in [1.54, 1.807) is 23.9 Å². The Bertz CT molecular complexity index is 480. The van der Waals surface area contributed by atoms with Gasteiger partial charge in [-0.2, -0.15) is 11.8 Å². The smallest absolute Gasteiger partial charge is 0.304 e. The summed E-state index contributed by atoms with van der Waals surface area (Å²) in [7, 11) is 1.51. The third kappa shape index (κ3) is 3.80. The summed E-state index contributed by atoms with van der Waals surface area (Å²) in [6, 6.07) is 5.36. The average molecular weight is 297 g/mol. The molecule has 1 aliphatic rings. The van der Waals surface area contributed by atoms with Crippen molar-refractivity contribution < 1.29 is 19.7 Å². The number of phenols is 1. The van der Waals surface area contributed by atoms with Gasteiger partial charge in [0, 0.05) is 30.6 Å². The Kier molecular flexibility index (Phi) is 5.14. The van der Waals surface area contributed by atoms with Gasteiger partial charge in [0.15, 0.2) is 11.5 Å². The molecule has 2 N–H and O–H groups in total. The van der Waals surface area contributed by atoms with E-state index in [-0.39, 0.29) is 18.2 Å². The van der Waals surface area contributed by atoms with Crippen LogP contribution in [0.15, 0.2) is 18.2 Å². The summed E-state index contributed by atoms with van der Waals surface area (Å²) in [6.07, 6.45) is 0.162. The molecule has 6 heteroatoms. The number of aliphatic carboxylic acids is 1. The van der Waals surface area contributed by atoms with Gasteiger partial charge in [0.2, 0.25) is 0 Å². The number of ether oxygens (including phenoxy) is 1. The fourth-order valence-electron chi connectivity index (χ4n) is 2.36. The first-order chi connectivity index (χ1) is 9.60. The first-order valence-electron chi connectivity index (χ1n) is 6.49. The molecule has 5 nitrogen and oxygen atoms in total. The minimum Gasteiger partial charge on any atom is -0.504 e. The molecule has 0 radical (unpaired) electrons. The third-order valence-corrected chi connectivity index (χ3v) is 4.48. The van der Waals surface area contributed by atoms with Gasteiger partial charge >= 0.3 is 5.97 Å². The minimum absolute atomic E-state index is 0.0514. The summed E-state index contributed by atoms with van der Waals surface area (Å²) in [4.78, 5) is 13.1. The highest BCUT2D eigenvalue weighted by atomic mass is 32.2. The second-order valence-corrected chi connectivity index (χ2v) is 5.95. The number of benzene rings is 1. The lowest BCUT2D eigenvalue weighted by atomic mass is 10.1. The van der Waals surface area contributed by atoms with E-state index < -0.39 is 5.97 Å². The monoisotopic (exact) mass is 297 g/mol. The molecule has 1 aromatic rings. The van der Waals surface area contributed by atoms with Crippen LogP contribution in [0.5, 0.6) is 11.5 Å². The maximum atomic E-state index is 10.9. The highest BCUT2D eigenvalue weighted by Gasteiger charge is 2.25. The molecule has 0 aromatic heterocycles. The summed E-state index contributed by atoms with van der Waals surface area (Å²) in [5, 5.41) is 18.8. The Morgan fingerprint density at radius 2 is 2.35 bits per heavy atom. The van der Waals surface area contributed by atoms with Crippen LogP contribution in [0.3, 0.4) is 0 Å². The Hall–Kier alpha value is -1.40. The number of methoxy groups -OCH3 is 1. The van der Waals surface area contributed by atoms with E-state index in [4.69, 9.17) is 9.84 Å². The molecule has 1 fully saturated rings. The predicted molar refractivity (Wildman–Crippen MR) is 78.4 cm³/mol. The highest BCUT2D eigenvalue weighted by molar-refractivity contribution is 7.99. The van der Waals surface area contributed by atoms with Gasteiger partial charge in [-0.05, 0) is 17.7 Å². The lowest BCUT2D eigenvalue weighted by Crippen LogP contribution is -2.42. The zero-order valence-electron chi connectivity index (χ0n) is 11.4. The van der Waals surface area contributed by atoms with Crippen molar-refractivity contribution in [2.45, 2.75) is 19.0 Å². The fraction of sp³-hybridized carbons (Fsp3) is 0.500. The molecule has 110 valence electrons. The molecule has 1 unspecified atom stereocenters. The van der Waals surface area contributed by atoms with E-state index in [2.05, 4.69) is 4.90 Å². The molecular weight excluding hydrogens is 278 g/mol. The Morgan fingerprint density at radius 1 is 1.55 bits per heavy atom. The van der Waals surface area contributed by atoms with Crippen LogP contribution in [0.2, 0.25) is 0 Å². The maximum absolute atomic E-state index is 10.9. The molecule has 1 aliphatic heterocycles. The van der Waals surface area contributed by atoms with Gasteiger partial charge < -0.3 is 14.9 Å². The predicted octanol–water partition coefficient (Wildman–Crippen LogP) is 1.79. The SMILES string of the molecule is COc1ccc(CN2CCSCC2CC(=O)O)cc1O. The molecule has 0 spiro atoms. The summed E-state index contributed by atoms with van der Waals surface area (Å²) in [6.45, 7) is 1.52. The number of hydrogen-bond donors (Lipinski definition) is 2. The zero-order chi connectivity index (χ0) is 14.5. The third-order valence-electron chi connectivity index (χ3n) is 3.39. The number of nitrogens with zero attached hydrogens (tertiary/aromatic N) is 1. The molecular formula is C14H19NO4S. The van der Waals surface area contributed by atoms with Crippen molar-refractivity contribution in [1.82, 2.24) is 4.90 Å². The summed E-state index contributed by atoms with van der Waals surface area (Å²) < 4.78 is 5.02. The molecule has 1 saturated heterocycles. The van der Waals surface area contributed by atoms with Gasteiger partial charge in [-0.15, -0.1) is 0 Å². The van der Waals surface area contributed by atoms with E-state index in [1.807, 2.05) is 6.07 Å². The topological polar surface area (TPSA) is 70.0 Å². The normalized spacial score (nSPS) is 19.8. The molecule has 0 aliphatic carbocycles. The molecule has 20 heavy (non-hydrogen) atoms. The lowest BCUT2D eigenvalue weighted by Gasteiger charge is -2.34. The number of thioether (sulfide) groups is 1. The Labute approximate surface area is 122 Å². The molecule has 1 aromatic carbocycles. The number of hydrogen-bond acceptors (Lipinski definition) is 5.